The zero-order chi connectivity index (χ0) is 18.6. The van der Waals surface area contributed by atoms with E-state index in [1.165, 1.54) is 0 Å². The van der Waals surface area contributed by atoms with Crippen LogP contribution in [0.15, 0.2) is 54.6 Å². The highest BCUT2D eigenvalue weighted by molar-refractivity contribution is 5.74. The minimum absolute atomic E-state index is 0.0441. The fourth-order valence-electron chi connectivity index (χ4n) is 4.17. The molecule has 4 rings (SSSR count). The molecule has 5 heteroatoms. The molecule has 2 aromatic carbocycles. The standard InChI is InChI=1S/C22H27N3O2/c1-24-12-19-14-25(15-20(19)13-24)22(26)23-11-18-8-5-9-21(10-18)27-16-17-6-3-2-4-7-17/h2-10,19-20H,11-16H2,1H3,(H,23,26)/t19-,20+. The predicted octanol–water partition coefficient (Wildman–Crippen LogP) is 2.97. The summed E-state index contributed by atoms with van der Waals surface area (Å²) in [6.45, 7) is 5.03. The summed E-state index contributed by atoms with van der Waals surface area (Å²) in [6, 6.07) is 18.1. The highest BCUT2D eigenvalue weighted by Crippen LogP contribution is 2.30. The molecule has 2 saturated heterocycles. The summed E-state index contributed by atoms with van der Waals surface area (Å²) in [4.78, 5) is 16.8. The maximum atomic E-state index is 12.5. The van der Waals surface area contributed by atoms with E-state index >= 15 is 0 Å². The Morgan fingerprint density at radius 3 is 2.44 bits per heavy atom. The Morgan fingerprint density at radius 2 is 1.70 bits per heavy atom. The maximum Gasteiger partial charge on any atom is 0.317 e. The molecule has 5 nitrogen and oxygen atoms in total. The molecule has 142 valence electrons. The molecular weight excluding hydrogens is 338 g/mol. The molecule has 2 atom stereocenters. The Labute approximate surface area is 160 Å². The van der Waals surface area contributed by atoms with E-state index in [9.17, 15) is 4.79 Å². The third-order valence-corrected chi connectivity index (χ3v) is 5.55. The number of nitrogens with one attached hydrogen (secondary N) is 1. The van der Waals surface area contributed by atoms with E-state index < -0.39 is 0 Å². The van der Waals surface area contributed by atoms with Gasteiger partial charge in [-0.3, -0.25) is 0 Å². The van der Waals surface area contributed by atoms with Crippen LogP contribution in [0.25, 0.3) is 0 Å². The Hall–Kier alpha value is -2.53. The van der Waals surface area contributed by atoms with Crippen molar-refractivity contribution in [3.05, 3.63) is 65.7 Å². The van der Waals surface area contributed by atoms with Gasteiger partial charge in [-0.1, -0.05) is 42.5 Å². The molecule has 2 aliphatic rings. The van der Waals surface area contributed by atoms with E-state index in [1.807, 2.05) is 59.5 Å². The molecule has 2 aliphatic heterocycles. The highest BCUT2D eigenvalue weighted by Gasteiger charge is 2.40. The SMILES string of the molecule is CN1C[C@@H]2CN(C(=O)NCc3cccc(OCc4ccccc4)c3)C[C@@H]2C1. The number of benzene rings is 2. The number of likely N-dealkylation sites (tertiary alicyclic amines) is 2. The molecule has 0 radical (unpaired) electrons. The number of rotatable bonds is 5. The first-order valence-electron chi connectivity index (χ1n) is 9.64. The van der Waals surface area contributed by atoms with Gasteiger partial charge in [0.25, 0.3) is 0 Å². The van der Waals surface area contributed by atoms with E-state index in [-0.39, 0.29) is 6.03 Å². The third-order valence-electron chi connectivity index (χ3n) is 5.55. The quantitative estimate of drug-likeness (QED) is 0.886. The fraction of sp³-hybridized carbons (Fsp3) is 0.409. The number of ether oxygens (including phenoxy) is 1. The van der Waals surface area contributed by atoms with Gasteiger partial charge >= 0.3 is 6.03 Å². The summed E-state index contributed by atoms with van der Waals surface area (Å²) >= 11 is 0. The van der Waals surface area contributed by atoms with Crippen molar-refractivity contribution < 1.29 is 9.53 Å². The summed E-state index contributed by atoms with van der Waals surface area (Å²) < 4.78 is 5.87. The second-order valence-corrected chi connectivity index (χ2v) is 7.73. The maximum absolute atomic E-state index is 12.5. The summed E-state index contributed by atoms with van der Waals surface area (Å²) in [7, 11) is 2.16. The van der Waals surface area contributed by atoms with Crippen molar-refractivity contribution in [3.63, 3.8) is 0 Å². The molecular formula is C22H27N3O2. The van der Waals surface area contributed by atoms with Gasteiger partial charge < -0.3 is 19.9 Å². The number of urea groups is 1. The second-order valence-electron chi connectivity index (χ2n) is 7.73. The molecule has 1 N–H and O–H groups in total. The molecule has 27 heavy (non-hydrogen) atoms. The molecule has 0 aromatic heterocycles. The summed E-state index contributed by atoms with van der Waals surface area (Å²) in [6.07, 6.45) is 0. The Morgan fingerprint density at radius 1 is 1.00 bits per heavy atom. The van der Waals surface area contributed by atoms with Crippen LogP contribution in [0.2, 0.25) is 0 Å². The van der Waals surface area contributed by atoms with Gasteiger partial charge in [-0.05, 0) is 42.1 Å². The van der Waals surface area contributed by atoms with Crippen molar-refractivity contribution in [1.29, 1.82) is 0 Å². The van der Waals surface area contributed by atoms with Crippen molar-refractivity contribution in [2.45, 2.75) is 13.2 Å². The van der Waals surface area contributed by atoms with Crippen LogP contribution >= 0.6 is 0 Å². The van der Waals surface area contributed by atoms with Crippen molar-refractivity contribution in [1.82, 2.24) is 15.1 Å². The number of hydrogen-bond donors (Lipinski definition) is 1. The topological polar surface area (TPSA) is 44.8 Å². The summed E-state index contributed by atoms with van der Waals surface area (Å²) in [5, 5.41) is 3.06. The molecule has 0 bridgehead atoms. The summed E-state index contributed by atoms with van der Waals surface area (Å²) in [5.41, 5.74) is 2.19. The van der Waals surface area contributed by atoms with Gasteiger partial charge in [0.05, 0.1) is 0 Å². The average molecular weight is 365 g/mol. The molecule has 2 aromatic rings. The summed E-state index contributed by atoms with van der Waals surface area (Å²) in [5.74, 6) is 2.09. The normalized spacial score (nSPS) is 21.9. The van der Waals surface area contributed by atoms with Crippen LogP contribution in [-0.4, -0.2) is 49.1 Å². The van der Waals surface area contributed by atoms with Crippen LogP contribution in [0.3, 0.4) is 0 Å². The smallest absolute Gasteiger partial charge is 0.317 e. The van der Waals surface area contributed by atoms with Crippen LogP contribution in [0.5, 0.6) is 5.75 Å². The van der Waals surface area contributed by atoms with Crippen LogP contribution in [0.4, 0.5) is 4.79 Å². The Bertz CT molecular complexity index is 766. The monoisotopic (exact) mass is 365 g/mol. The van der Waals surface area contributed by atoms with Gasteiger partial charge in [-0.15, -0.1) is 0 Å². The van der Waals surface area contributed by atoms with E-state index in [2.05, 4.69) is 17.3 Å². The van der Waals surface area contributed by atoms with Crippen molar-refractivity contribution >= 4 is 6.03 Å². The van der Waals surface area contributed by atoms with Crippen molar-refractivity contribution in [2.75, 3.05) is 33.2 Å². The van der Waals surface area contributed by atoms with Gasteiger partial charge in [-0.25, -0.2) is 4.79 Å². The lowest BCUT2D eigenvalue weighted by Gasteiger charge is -2.20. The molecule has 0 spiro atoms. The van der Waals surface area contributed by atoms with Gasteiger partial charge in [0.15, 0.2) is 0 Å². The molecule has 0 saturated carbocycles. The zero-order valence-corrected chi connectivity index (χ0v) is 15.8. The average Bonchev–Trinajstić information content (AvgIpc) is 3.23. The van der Waals surface area contributed by atoms with E-state index in [0.717, 1.165) is 43.1 Å². The van der Waals surface area contributed by atoms with Gasteiger partial charge in [0, 0.05) is 32.7 Å². The van der Waals surface area contributed by atoms with Gasteiger partial charge in [-0.2, -0.15) is 0 Å². The molecule has 2 fully saturated rings. The zero-order valence-electron chi connectivity index (χ0n) is 15.8. The number of fused-ring (bicyclic) bond motifs is 1. The van der Waals surface area contributed by atoms with E-state index in [1.54, 1.807) is 0 Å². The third kappa shape index (κ3) is 4.42. The first kappa shape index (κ1) is 17.9. The van der Waals surface area contributed by atoms with Crippen molar-refractivity contribution in [3.8, 4) is 5.75 Å². The number of carbonyl (C=O) groups is 1. The van der Waals surface area contributed by atoms with Crippen molar-refractivity contribution in [2.24, 2.45) is 11.8 Å². The van der Waals surface area contributed by atoms with E-state index in [0.29, 0.717) is 25.0 Å². The Kier molecular flexibility index (Phi) is 5.30. The largest absolute Gasteiger partial charge is 0.489 e. The van der Waals surface area contributed by atoms with Gasteiger partial charge in [0.1, 0.15) is 12.4 Å². The lowest BCUT2D eigenvalue weighted by atomic mass is 10.0. The second kappa shape index (κ2) is 8.01. The number of nitrogens with zero attached hydrogens (tertiary/aromatic N) is 2. The molecule has 2 heterocycles. The van der Waals surface area contributed by atoms with Crippen LogP contribution in [0.1, 0.15) is 11.1 Å². The lowest BCUT2D eigenvalue weighted by Crippen LogP contribution is -2.39. The molecule has 0 unspecified atom stereocenters. The lowest BCUT2D eigenvalue weighted by molar-refractivity contribution is 0.201. The fourth-order valence-corrected chi connectivity index (χ4v) is 4.17. The number of hydrogen-bond acceptors (Lipinski definition) is 3. The van der Waals surface area contributed by atoms with Crippen LogP contribution in [0, 0.1) is 11.8 Å². The van der Waals surface area contributed by atoms with E-state index in [4.69, 9.17) is 4.74 Å². The number of amides is 2. The van der Waals surface area contributed by atoms with Crippen LogP contribution < -0.4 is 10.1 Å². The van der Waals surface area contributed by atoms with Gasteiger partial charge in [0.2, 0.25) is 0 Å². The highest BCUT2D eigenvalue weighted by atomic mass is 16.5. The minimum atomic E-state index is 0.0441. The first-order chi connectivity index (χ1) is 13.2. The predicted molar refractivity (Wildman–Crippen MR) is 106 cm³/mol. The Balaban J connectivity index is 1.27. The first-order valence-corrected chi connectivity index (χ1v) is 9.64. The molecule has 2 amide bonds. The number of carbonyl (C=O) groups excluding carboxylic acids is 1. The van der Waals surface area contributed by atoms with Crippen LogP contribution in [-0.2, 0) is 13.2 Å². The molecule has 0 aliphatic carbocycles. The minimum Gasteiger partial charge on any atom is -0.489 e.